The minimum Gasteiger partial charge on any atom is -0.512 e. The number of hydrogen-bond donors (Lipinski definition) is 1. The number of aliphatic hydroxyl groups excluding tert-OH is 1. The fourth-order valence-electron chi connectivity index (χ4n) is 3.11. The van der Waals surface area contributed by atoms with Crippen LogP contribution in [-0.4, -0.2) is 26.7 Å². The molecule has 7 heteroatoms. The normalized spacial score (nSPS) is 23.3. The number of carbonyl (C=O) groups is 3. The molecule has 0 atom stereocenters. The van der Waals surface area contributed by atoms with E-state index in [4.69, 9.17) is 4.74 Å². The Kier molecular flexibility index (Phi) is 3.49. The maximum Gasteiger partial charge on any atom is 0.345 e. The summed E-state index contributed by atoms with van der Waals surface area (Å²) < 4.78 is 4.03. The average Bonchev–Trinajstić information content (AvgIpc) is 2.91. The molecule has 1 aliphatic carbocycles. The first kappa shape index (κ1) is 16.2. The number of ketones is 2. The number of rotatable bonds is 0. The lowest BCUT2D eigenvalue weighted by molar-refractivity contribution is -0.135. The van der Waals surface area contributed by atoms with Crippen molar-refractivity contribution in [1.29, 1.82) is 0 Å². The number of benzene rings is 1. The van der Waals surface area contributed by atoms with Crippen LogP contribution in [0.2, 0.25) is 0 Å². The maximum absolute atomic E-state index is 12.8. The highest BCUT2D eigenvalue weighted by molar-refractivity contribution is 8.26. The van der Waals surface area contributed by atoms with Gasteiger partial charge in [0.15, 0.2) is 0 Å². The Morgan fingerprint density at radius 1 is 1.04 bits per heavy atom. The van der Waals surface area contributed by atoms with Crippen molar-refractivity contribution in [1.82, 2.24) is 0 Å². The molecule has 126 valence electrons. The predicted molar refractivity (Wildman–Crippen MR) is 95.2 cm³/mol. The fraction of sp³-hybridized carbons (Fsp3) is 0.167. The van der Waals surface area contributed by atoms with Crippen molar-refractivity contribution in [2.75, 3.05) is 0 Å². The van der Waals surface area contributed by atoms with E-state index in [1.807, 2.05) is 0 Å². The van der Waals surface area contributed by atoms with E-state index in [0.717, 1.165) is 23.5 Å². The third kappa shape index (κ3) is 2.22. The van der Waals surface area contributed by atoms with Gasteiger partial charge in [-0.3, -0.25) is 9.59 Å². The molecule has 2 heterocycles. The van der Waals surface area contributed by atoms with Crippen molar-refractivity contribution in [3.8, 4) is 0 Å². The standard InChI is InChI=1S/C18H12O5S2/c1-8-7-18(12(9(2)19)17(22)23-8)24-15-13(20)10-5-3-4-6-11(10)14(21)16(15)25-18/h3-7,19H,1-2H3/b12-9-. The molecule has 0 fully saturated rings. The highest BCUT2D eigenvalue weighted by Crippen LogP contribution is 2.62. The van der Waals surface area contributed by atoms with Crippen molar-refractivity contribution in [2.24, 2.45) is 0 Å². The Morgan fingerprint density at radius 3 is 2.04 bits per heavy atom. The first-order chi connectivity index (χ1) is 11.8. The summed E-state index contributed by atoms with van der Waals surface area (Å²) in [4.78, 5) is 38.6. The number of esters is 1. The van der Waals surface area contributed by atoms with E-state index >= 15 is 0 Å². The topological polar surface area (TPSA) is 80.7 Å². The lowest BCUT2D eigenvalue weighted by Gasteiger charge is -2.30. The summed E-state index contributed by atoms with van der Waals surface area (Å²) in [6.45, 7) is 3.02. The van der Waals surface area contributed by atoms with Crippen LogP contribution in [0.15, 0.2) is 57.2 Å². The van der Waals surface area contributed by atoms with Gasteiger partial charge in [0, 0.05) is 11.1 Å². The second-order valence-corrected chi connectivity index (χ2v) is 8.61. The van der Waals surface area contributed by atoms with Crippen LogP contribution in [0.1, 0.15) is 34.6 Å². The van der Waals surface area contributed by atoms with Gasteiger partial charge >= 0.3 is 5.97 Å². The van der Waals surface area contributed by atoms with Gasteiger partial charge < -0.3 is 9.84 Å². The summed E-state index contributed by atoms with van der Waals surface area (Å²) in [5.41, 5.74) is 0.774. The quantitative estimate of drug-likeness (QED) is 0.422. The molecule has 4 rings (SSSR count). The zero-order chi connectivity index (χ0) is 17.9. The van der Waals surface area contributed by atoms with Gasteiger partial charge in [-0.25, -0.2) is 4.79 Å². The van der Waals surface area contributed by atoms with E-state index in [2.05, 4.69) is 0 Å². The molecule has 0 bridgehead atoms. The van der Waals surface area contributed by atoms with Crippen LogP contribution in [0.3, 0.4) is 0 Å². The molecule has 3 aliphatic rings. The Bertz CT molecular complexity index is 916. The number of allylic oxidation sites excluding steroid dienone is 4. The zero-order valence-corrected chi connectivity index (χ0v) is 14.9. The Labute approximate surface area is 151 Å². The summed E-state index contributed by atoms with van der Waals surface area (Å²) in [5.74, 6) is -0.963. The summed E-state index contributed by atoms with van der Waals surface area (Å²) in [6, 6.07) is 6.67. The number of cyclic esters (lactones) is 1. The number of thioether (sulfide) groups is 2. The number of fused-ring (bicyclic) bond motifs is 1. The monoisotopic (exact) mass is 372 g/mol. The molecule has 0 saturated heterocycles. The molecular formula is C18H12O5S2. The molecular weight excluding hydrogens is 360 g/mol. The molecule has 1 aromatic carbocycles. The van der Waals surface area contributed by atoms with Crippen molar-refractivity contribution in [2.45, 2.75) is 17.9 Å². The fourth-order valence-corrected chi connectivity index (χ4v) is 6.52. The predicted octanol–water partition coefficient (Wildman–Crippen LogP) is 3.75. The van der Waals surface area contributed by atoms with E-state index < -0.39 is 10.0 Å². The van der Waals surface area contributed by atoms with Gasteiger partial charge in [0.25, 0.3) is 0 Å². The molecule has 1 N–H and O–H groups in total. The summed E-state index contributed by atoms with van der Waals surface area (Å²) in [6.07, 6.45) is 1.67. The third-order valence-corrected chi connectivity index (χ3v) is 7.17. The van der Waals surface area contributed by atoms with Crippen LogP contribution in [-0.2, 0) is 9.53 Å². The first-order valence-electron chi connectivity index (χ1n) is 7.47. The number of Topliss-reactive ketones (excluding diaryl/α,β-unsaturated/α-hetero) is 2. The van der Waals surface area contributed by atoms with Crippen LogP contribution in [0, 0.1) is 0 Å². The van der Waals surface area contributed by atoms with E-state index in [-0.39, 0.29) is 22.9 Å². The van der Waals surface area contributed by atoms with Crippen LogP contribution in [0.5, 0.6) is 0 Å². The van der Waals surface area contributed by atoms with Gasteiger partial charge in [-0.05, 0) is 19.9 Å². The molecule has 1 aromatic rings. The van der Waals surface area contributed by atoms with Crippen molar-refractivity contribution >= 4 is 41.1 Å². The highest BCUT2D eigenvalue weighted by Gasteiger charge is 2.53. The lowest BCUT2D eigenvalue weighted by atomic mass is 9.94. The van der Waals surface area contributed by atoms with Crippen LogP contribution in [0.4, 0.5) is 0 Å². The van der Waals surface area contributed by atoms with Gasteiger partial charge in [-0.15, -0.1) is 0 Å². The molecule has 0 aromatic heterocycles. The van der Waals surface area contributed by atoms with Gasteiger partial charge in [0.05, 0.1) is 9.81 Å². The van der Waals surface area contributed by atoms with Crippen LogP contribution < -0.4 is 0 Å². The SMILES string of the molecule is CC1=CC2(SC3=C(S2)C(=O)c2ccccc2C3=O)/C(=C(/C)O)C(=O)O1. The molecule has 0 amide bonds. The second-order valence-electron chi connectivity index (χ2n) is 5.84. The molecule has 2 aliphatic heterocycles. The van der Waals surface area contributed by atoms with E-state index in [9.17, 15) is 19.5 Å². The smallest absolute Gasteiger partial charge is 0.345 e. The first-order valence-corrected chi connectivity index (χ1v) is 9.10. The zero-order valence-electron chi connectivity index (χ0n) is 13.3. The summed E-state index contributed by atoms with van der Waals surface area (Å²) in [5, 5.41) is 10.0. The second kappa shape index (κ2) is 5.37. The molecule has 25 heavy (non-hydrogen) atoms. The number of aliphatic hydroxyl groups is 1. The molecule has 0 saturated carbocycles. The van der Waals surface area contributed by atoms with E-state index in [0.29, 0.717) is 26.7 Å². The lowest BCUT2D eigenvalue weighted by Crippen LogP contribution is -2.31. The largest absolute Gasteiger partial charge is 0.512 e. The molecule has 1 spiro atoms. The minimum atomic E-state index is -1.07. The molecule has 5 nitrogen and oxygen atoms in total. The minimum absolute atomic E-state index is 0.0483. The van der Waals surface area contributed by atoms with Gasteiger partial charge in [-0.1, -0.05) is 47.8 Å². The van der Waals surface area contributed by atoms with Crippen molar-refractivity contribution in [3.63, 3.8) is 0 Å². The van der Waals surface area contributed by atoms with Crippen LogP contribution in [0.25, 0.3) is 0 Å². The summed E-state index contributed by atoms with van der Waals surface area (Å²) >= 11 is 2.23. The average molecular weight is 372 g/mol. The highest BCUT2D eigenvalue weighted by atomic mass is 32.2. The van der Waals surface area contributed by atoms with Crippen molar-refractivity contribution < 1.29 is 24.2 Å². The van der Waals surface area contributed by atoms with Crippen molar-refractivity contribution in [3.05, 3.63) is 68.4 Å². The van der Waals surface area contributed by atoms with Gasteiger partial charge in [0.2, 0.25) is 11.6 Å². The van der Waals surface area contributed by atoms with Gasteiger partial charge in [-0.2, -0.15) is 0 Å². The Balaban J connectivity index is 1.87. The Morgan fingerprint density at radius 2 is 1.56 bits per heavy atom. The summed E-state index contributed by atoms with van der Waals surface area (Å²) in [7, 11) is 0. The maximum atomic E-state index is 12.8. The van der Waals surface area contributed by atoms with Gasteiger partial charge in [0.1, 0.15) is 21.2 Å². The number of carbonyl (C=O) groups excluding carboxylic acids is 3. The van der Waals surface area contributed by atoms with E-state index in [1.54, 1.807) is 37.3 Å². The van der Waals surface area contributed by atoms with Crippen LogP contribution >= 0.6 is 23.5 Å². The van der Waals surface area contributed by atoms with E-state index in [1.165, 1.54) is 6.92 Å². The third-order valence-electron chi connectivity index (χ3n) is 4.10. The Hall–Kier alpha value is -2.25. The number of ether oxygens (including phenoxy) is 1. The molecule has 0 unspecified atom stereocenters. The molecule has 0 radical (unpaired) electrons. The number of hydrogen-bond acceptors (Lipinski definition) is 7.